The smallest absolute Gasteiger partial charge is 0.191 e. The summed E-state index contributed by atoms with van der Waals surface area (Å²) < 4.78 is 6.44. The third kappa shape index (κ3) is 2.29. The number of carbonyl (C=O) groups is 1. The summed E-state index contributed by atoms with van der Waals surface area (Å²) in [5.41, 5.74) is 0.733. The van der Waals surface area contributed by atoms with Crippen molar-refractivity contribution in [2.75, 3.05) is 6.61 Å². The van der Waals surface area contributed by atoms with E-state index < -0.39 is 0 Å². The van der Waals surface area contributed by atoms with E-state index in [-0.39, 0.29) is 11.9 Å². The summed E-state index contributed by atoms with van der Waals surface area (Å²) in [6.45, 7) is 2.77. The first-order valence-electron chi connectivity index (χ1n) is 5.10. The molecule has 2 atom stereocenters. The van der Waals surface area contributed by atoms with Crippen molar-refractivity contribution in [3.05, 3.63) is 34.3 Å². The first kappa shape index (κ1) is 10.8. The Morgan fingerprint density at radius 2 is 2.07 bits per heavy atom. The van der Waals surface area contributed by atoms with Crippen molar-refractivity contribution in [3.8, 4) is 0 Å². The van der Waals surface area contributed by atoms with Crippen LogP contribution in [-0.2, 0) is 4.74 Å². The van der Waals surface area contributed by atoms with E-state index in [0.29, 0.717) is 12.5 Å². The van der Waals surface area contributed by atoms with E-state index in [1.165, 1.54) is 0 Å². The summed E-state index contributed by atoms with van der Waals surface area (Å²) in [5.74, 6) is 0.439. The van der Waals surface area contributed by atoms with Crippen molar-refractivity contribution in [1.82, 2.24) is 0 Å². The van der Waals surface area contributed by atoms with Gasteiger partial charge in [-0.15, -0.1) is 0 Å². The zero-order chi connectivity index (χ0) is 10.8. The van der Waals surface area contributed by atoms with Crippen molar-refractivity contribution in [3.63, 3.8) is 0 Å². The van der Waals surface area contributed by atoms with Gasteiger partial charge in [0.1, 0.15) is 6.10 Å². The van der Waals surface area contributed by atoms with Crippen LogP contribution in [0.4, 0.5) is 0 Å². The van der Waals surface area contributed by atoms with Gasteiger partial charge < -0.3 is 4.74 Å². The molecular weight excluding hydrogens is 256 g/mol. The molecule has 1 aromatic rings. The molecule has 0 radical (unpaired) electrons. The molecule has 2 unspecified atom stereocenters. The molecule has 1 aliphatic heterocycles. The molecule has 0 spiro atoms. The Balaban J connectivity index is 2.17. The van der Waals surface area contributed by atoms with Gasteiger partial charge in [-0.25, -0.2) is 0 Å². The van der Waals surface area contributed by atoms with Crippen LogP contribution in [0.2, 0.25) is 0 Å². The Hall–Kier alpha value is -0.670. The Morgan fingerprint density at radius 1 is 1.40 bits per heavy atom. The average Bonchev–Trinajstić information content (AvgIpc) is 2.65. The van der Waals surface area contributed by atoms with Crippen molar-refractivity contribution >= 4 is 21.7 Å². The Labute approximate surface area is 97.8 Å². The van der Waals surface area contributed by atoms with Crippen LogP contribution in [0.1, 0.15) is 23.7 Å². The highest BCUT2D eigenvalue weighted by molar-refractivity contribution is 9.10. The molecule has 0 bridgehead atoms. The molecule has 1 fully saturated rings. The molecule has 15 heavy (non-hydrogen) atoms. The molecule has 80 valence electrons. The monoisotopic (exact) mass is 268 g/mol. The lowest BCUT2D eigenvalue weighted by Gasteiger charge is -2.12. The van der Waals surface area contributed by atoms with E-state index >= 15 is 0 Å². The van der Waals surface area contributed by atoms with Gasteiger partial charge in [0.05, 0.1) is 0 Å². The molecule has 2 nitrogen and oxygen atoms in total. The van der Waals surface area contributed by atoms with Crippen LogP contribution in [0, 0.1) is 5.92 Å². The minimum Gasteiger partial charge on any atom is -0.370 e. The summed E-state index contributed by atoms with van der Waals surface area (Å²) in [6, 6.07) is 7.43. The third-order valence-corrected chi connectivity index (χ3v) is 3.30. The normalized spacial score (nSPS) is 25.5. The van der Waals surface area contributed by atoms with E-state index in [9.17, 15) is 4.79 Å². The van der Waals surface area contributed by atoms with Crippen molar-refractivity contribution in [2.24, 2.45) is 5.92 Å². The van der Waals surface area contributed by atoms with Gasteiger partial charge in [-0.1, -0.05) is 35.0 Å². The highest BCUT2D eigenvalue weighted by atomic mass is 79.9. The Bertz CT molecular complexity index is 358. The second kappa shape index (κ2) is 4.45. The average molecular weight is 269 g/mol. The van der Waals surface area contributed by atoms with Crippen molar-refractivity contribution in [2.45, 2.75) is 19.4 Å². The number of ether oxygens (including phenoxy) is 1. The second-order valence-corrected chi connectivity index (χ2v) is 4.84. The fourth-order valence-electron chi connectivity index (χ4n) is 1.81. The standard InChI is InChI=1S/C12H13BrO2/c1-8-6-7-15-12(8)11(14)9-2-4-10(13)5-3-9/h2-5,8,12H,6-7H2,1H3. The topological polar surface area (TPSA) is 26.3 Å². The molecule has 0 saturated carbocycles. The minimum atomic E-state index is -0.244. The van der Waals surface area contributed by atoms with Crippen molar-refractivity contribution < 1.29 is 9.53 Å². The fraction of sp³-hybridized carbons (Fsp3) is 0.417. The van der Waals surface area contributed by atoms with Gasteiger partial charge in [-0.05, 0) is 24.5 Å². The Morgan fingerprint density at radius 3 is 2.60 bits per heavy atom. The van der Waals surface area contributed by atoms with Crippen LogP contribution in [0.25, 0.3) is 0 Å². The van der Waals surface area contributed by atoms with Gasteiger partial charge in [-0.3, -0.25) is 4.79 Å². The van der Waals surface area contributed by atoms with Crippen LogP contribution in [0.15, 0.2) is 28.7 Å². The van der Waals surface area contributed by atoms with Crippen LogP contribution in [0.5, 0.6) is 0 Å². The lowest BCUT2D eigenvalue weighted by molar-refractivity contribution is 0.0579. The molecule has 0 N–H and O–H groups in total. The van der Waals surface area contributed by atoms with Crippen LogP contribution in [0.3, 0.4) is 0 Å². The summed E-state index contributed by atoms with van der Waals surface area (Å²) in [5, 5.41) is 0. The van der Waals surface area contributed by atoms with Gasteiger partial charge in [-0.2, -0.15) is 0 Å². The molecule has 1 aromatic carbocycles. The predicted octanol–water partition coefficient (Wildman–Crippen LogP) is 3.06. The lowest BCUT2D eigenvalue weighted by Crippen LogP contribution is -2.25. The zero-order valence-corrected chi connectivity index (χ0v) is 10.2. The van der Waals surface area contributed by atoms with E-state index in [1.807, 2.05) is 24.3 Å². The quantitative estimate of drug-likeness (QED) is 0.771. The molecule has 1 heterocycles. The largest absolute Gasteiger partial charge is 0.370 e. The van der Waals surface area contributed by atoms with E-state index in [2.05, 4.69) is 22.9 Å². The van der Waals surface area contributed by atoms with E-state index in [0.717, 1.165) is 16.5 Å². The van der Waals surface area contributed by atoms with E-state index in [1.54, 1.807) is 0 Å². The number of hydrogen-bond donors (Lipinski definition) is 0. The number of carbonyl (C=O) groups excluding carboxylic acids is 1. The maximum absolute atomic E-state index is 12.0. The molecule has 2 rings (SSSR count). The number of halogens is 1. The number of hydrogen-bond acceptors (Lipinski definition) is 2. The van der Waals surface area contributed by atoms with E-state index in [4.69, 9.17) is 4.74 Å². The summed E-state index contributed by atoms with van der Waals surface area (Å²) in [7, 11) is 0. The minimum absolute atomic E-state index is 0.104. The number of Topliss-reactive ketones (excluding diaryl/α,β-unsaturated/α-hetero) is 1. The van der Waals surface area contributed by atoms with Gasteiger partial charge in [0.25, 0.3) is 0 Å². The molecule has 0 amide bonds. The van der Waals surface area contributed by atoms with Gasteiger partial charge >= 0.3 is 0 Å². The van der Waals surface area contributed by atoms with Crippen LogP contribution < -0.4 is 0 Å². The molecule has 0 aliphatic carbocycles. The maximum atomic E-state index is 12.0. The molecular formula is C12H13BrO2. The molecule has 1 aliphatic rings. The van der Waals surface area contributed by atoms with Crippen LogP contribution >= 0.6 is 15.9 Å². The SMILES string of the molecule is CC1CCOC1C(=O)c1ccc(Br)cc1. The third-order valence-electron chi connectivity index (χ3n) is 2.77. The summed E-state index contributed by atoms with van der Waals surface area (Å²) in [4.78, 5) is 12.0. The molecule has 3 heteroatoms. The van der Waals surface area contributed by atoms with Crippen LogP contribution in [-0.4, -0.2) is 18.5 Å². The second-order valence-electron chi connectivity index (χ2n) is 3.93. The summed E-state index contributed by atoms with van der Waals surface area (Å²) in [6.07, 6.45) is 0.735. The Kier molecular flexibility index (Phi) is 3.22. The predicted molar refractivity (Wildman–Crippen MR) is 62.0 cm³/mol. The van der Waals surface area contributed by atoms with Gasteiger partial charge in [0.2, 0.25) is 0 Å². The summed E-state index contributed by atoms with van der Waals surface area (Å²) >= 11 is 3.35. The number of ketones is 1. The highest BCUT2D eigenvalue weighted by Crippen LogP contribution is 2.24. The first-order valence-corrected chi connectivity index (χ1v) is 5.89. The van der Waals surface area contributed by atoms with Gasteiger partial charge in [0, 0.05) is 16.6 Å². The lowest BCUT2D eigenvalue weighted by atomic mass is 9.96. The molecule has 0 aromatic heterocycles. The maximum Gasteiger partial charge on any atom is 0.191 e. The highest BCUT2D eigenvalue weighted by Gasteiger charge is 2.31. The molecule has 1 saturated heterocycles. The van der Waals surface area contributed by atoms with Crippen molar-refractivity contribution in [1.29, 1.82) is 0 Å². The van der Waals surface area contributed by atoms with Gasteiger partial charge in [0.15, 0.2) is 5.78 Å². The zero-order valence-electron chi connectivity index (χ0n) is 8.57. The number of benzene rings is 1. The number of rotatable bonds is 2. The first-order chi connectivity index (χ1) is 7.18. The fourth-order valence-corrected chi connectivity index (χ4v) is 2.07.